The number of carbonyl (C=O) groups excluding carboxylic acids is 1. The molecule has 0 saturated carbocycles. The Morgan fingerprint density at radius 2 is 2.06 bits per heavy atom. The summed E-state index contributed by atoms with van der Waals surface area (Å²) >= 11 is 0. The molecule has 1 amide bonds. The van der Waals surface area contributed by atoms with Crippen molar-refractivity contribution in [3.63, 3.8) is 0 Å². The van der Waals surface area contributed by atoms with Crippen molar-refractivity contribution < 1.29 is 4.79 Å². The van der Waals surface area contributed by atoms with Crippen molar-refractivity contribution >= 4 is 5.91 Å². The standard InChI is InChI=1S/C13H16N2O/c1-2-6-13(16)15(10-9-14)11-12-7-4-3-5-8-12/h3-5,7-8H,9-11,14H2,1H3. The van der Waals surface area contributed by atoms with Crippen molar-refractivity contribution in [3.8, 4) is 11.8 Å². The number of carbonyl (C=O) groups is 1. The van der Waals surface area contributed by atoms with E-state index in [0.29, 0.717) is 19.6 Å². The highest BCUT2D eigenvalue weighted by Gasteiger charge is 2.10. The van der Waals surface area contributed by atoms with E-state index in [9.17, 15) is 4.79 Å². The SMILES string of the molecule is CC#CC(=O)N(CCN)Cc1ccccc1. The molecule has 1 aromatic carbocycles. The third kappa shape index (κ3) is 3.76. The maximum absolute atomic E-state index is 11.6. The van der Waals surface area contributed by atoms with E-state index in [-0.39, 0.29) is 5.91 Å². The number of hydrogen-bond acceptors (Lipinski definition) is 2. The minimum atomic E-state index is -0.170. The molecule has 0 saturated heterocycles. The fourth-order valence-electron chi connectivity index (χ4n) is 1.40. The second-order valence-corrected chi connectivity index (χ2v) is 3.38. The minimum absolute atomic E-state index is 0.170. The van der Waals surface area contributed by atoms with Gasteiger partial charge in [-0.25, -0.2) is 0 Å². The lowest BCUT2D eigenvalue weighted by Gasteiger charge is -2.19. The molecule has 0 atom stereocenters. The van der Waals surface area contributed by atoms with Crippen LogP contribution in [0.15, 0.2) is 30.3 Å². The summed E-state index contributed by atoms with van der Waals surface area (Å²) < 4.78 is 0. The number of nitrogens with two attached hydrogens (primary N) is 1. The molecule has 0 aromatic heterocycles. The Morgan fingerprint density at radius 3 is 2.62 bits per heavy atom. The normalized spacial score (nSPS) is 9.12. The number of benzene rings is 1. The molecule has 3 heteroatoms. The van der Waals surface area contributed by atoms with Crippen molar-refractivity contribution in [1.29, 1.82) is 0 Å². The lowest BCUT2D eigenvalue weighted by molar-refractivity contribution is -0.125. The van der Waals surface area contributed by atoms with Gasteiger partial charge in [-0.05, 0) is 18.4 Å². The van der Waals surface area contributed by atoms with E-state index in [4.69, 9.17) is 5.73 Å². The summed E-state index contributed by atoms with van der Waals surface area (Å²) in [4.78, 5) is 13.3. The second kappa shape index (κ2) is 6.65. The summed E-state index contributed by atoms with van der Waals surface area (Å²) in [5, 5.41) is 0. The minimum Gasteiger partial charge on any atom is -0.329 e. The Labute approximate surface area is 96.2 Å². The van der Waals surface area contributed by atoms with E-state index < -0.39 is 0 Å². The second-order valence-electron chi connectivity index (χ2n) is 3.38. The quantitative estimate of drug-likeness (QED) is 0.763. The highest BCUT2D eigenvalue weighted by atomic mass is 16.2. The summed E-state index contributed by atoms with van der Waals surface area (Å²) in [6.45, 7) is 3.19. The fraction of sp³-hybridized carbons (Fsp3) is 0.308. The predicted molar refractivity (Wildman–Crippen MR) is 64.4 cm³/mol. The van der Waals surface area contributed by atoms with Crippen LogP contribution in [0.25, 0.3) is 0 Å². The van der Waals surface area contributed by atoms with E-state index in [2.05, 4.69) is 11.8 Å². The number of nitrogens with zero attached hydrogens (tertiary/aromatic N) is 1. The van der Waals surface area contributed by atoms with Crippen molar-refractivity contribution in [3.05, 3.63) is 35.9 Å². The molecule has 0 aliphatic carbocycles. The summed E-state index contributed by atoms with van der Waals surface area (Å²) in [5.74, 6) is 4.97. The molecule has 2 N–H and O–H groups in total. The first-order chi connectivity index (χ1) is 7.77. The highest BCUT2D eigenvalue weighted by molar-refractivity contribution is 5.93. The molecule has 84 valence electrons. The van der Waals surface area contributed by atoms with Crippen molar-refractivity contribution in [1.82, 2.24) is 4.90 Å². The molecular weight excluding hydrogens is 200 g/mol. The Morgan fingerprint density at radius 1 is 1.38 bits per heavy atom. The van der Waals surface area contributed by atoms with Gasteiger partial charge in [-0.15, -0.1) is 0 Å². The lowest BCUT2D eigenvalue weighted by atomic mass is 10.2. The van der Waals surface area contributed by atoms with Crippen LogP contribution in [0.5, 0.6) is 0 Å². The first-order valence-corrected chi connectivity index (χ1v) is 5.23. The van der Waals surface area contributed by atoms with Gasteiger partial charge in [0.25, 0.3) is 5.91 Å². The third-order valence-electron chi connectivity index (χ3n) is 2.13. The summed E-state index contributed by atoms with van der Waals surface area (Å²) in [6, 6.07) is 9.81. The molecule has 16 heavy (non-hydrogen) atoms. The first-order valence-electron chi connectivity index (χ1n) is 5.23. The van der Waals surface area contributed by atoms with Gasteiger partial charge in [-0.2, -0.15) is 0 Å². The summed E-state index contributed by atoms with van der Waals surface area (Å²) in [6.07, 6.45) is 0. The van der Waals surface area contributed by atoms with Gasteiger partial charge in [-0.3, -0.25) is 4.79 Å². The maximum Gasteiger partial charge on any atom is 0.298 e. The van der Waals surface area contributed by atoms with Crippen LogP contribution in [-0.4, -0.2) is 23.9 Å². The molecule has 0 aliphatic heterocycles. The van der Waals surface area contributed by atoms with Gasteiger partial charge in [-0.1, -0.05) is 36.3 Å². The van der Waals surface area contributed by atoms with E-state index in [0.717, 1.165) is 5.56 Å². The van der Waals surface area contributed by atoms with Crippen LogP contribution in [-0.2, 0) is 11.3 Å². The Hall–Kier alpha value is -1.79. The van der Waals surface area contributed by atoms with Gasteiger partial charge in [0.15, 0.2) is 0 Å². The molecule has 1 aromatic rings. The molecule has 0 aliphatic rings. The van der Waals surface area contributed by atoms with E-state index in [1.54, 1.807) is 11.8 Å². The molecular formula is C13H16N2O. The van der Waals surface area contributed by atoms with Crippen molar-refractivity contribution in [2.45, 2.75) is 13.5 Å². The summed E-state index contributed by atoms with van der Waals surface area (Å²) in [7, 11) is 0. The van der Waals surface area contributed by atoms with Crippen LogP contribution in [0.3, 0.4) is 0 Å². The lowest BCUT2D eigenvalue weighted by Crippen LogP contribution is -2.33. The van der Waals surface area contributed by atoms with Gasteiger partial charge in [0.05, 0.1) is 0 Å². The van der Waals surface area contributed by atoms with Crippen LogP contribution in [0.4, 0.5) is 0 Å². The number of hydrogen-bond donors (Lipinski definition) is 1. The van der Waals surface area contributed by atoms with Gasteiger partial charge in [0.2, 0.25) is 0 Å². The molecule has 0 heterocycles. The zero-order valence-corrected chi connectivity index (χ0v) is 9.44. The fourth-order valence-corrected chi connectivity index (χ4v) is 1.40. The molecule has 3 nitrogen and oxygen atoms in total. The van der Waals surface area contributed by atoms with Gasteiger partial charge in [0, 0.05) is 19.6 Å². The van der Waals surface area contributed by atoms with Crippen LogP contribution < -0.4 is 5.73 Å². The van der Waals surface area contributed by atoms with Crippen molar-refractivity contribution in [2.24, 2.45) is 5.73 Å². The zero-order chi connectivity index (χ0) is 11.8. The Bertz CT molecular complexity index is 389. The molecule has 0 fully saturated rings. The van der Waals surface area contributed by atoms with Crippen LogP contribution in [0, 0.1) is 11.8 Å². The van der Waals surface area contributed by atoms with Gasteiger partial charge in [0.1, 0.15) is 0 Å². The van der Waals surface area contributed by atoms with Gasteiger partial charge >= 0.3 is 0 Å². The monoisotopic (exact) mass is 216 g/mol. The molecule has 0 unspecified atom stereocenters. The van der Waals surface area contributed by atoms with Crippen LogP contribution in [0.1, 0.15) is 12.5 Å². The average molecular weight is 216 g/mol. The van der Waals surface area contributed by atoms with E-state index in [1.807, 2.05) is 30.3 Å². The average Bonchev–Trinajstić information content (AvgIpc) is 2.30. The van der Waals surface area contributed by atoms with Crippen LogP contribution in [0.2, 0.25) is 0 Å². The molecule has 0 spiro atoms. The topological polar surface area (TPSA) is 46.3 Å². The van der Waals surface area contributed by atoms with Crippen molar-refractivity contribution in [2.75, 3.05) is 13.1 Å². The maximum atomic E-state index is 11.6. The Balaban J connectivity index is 2.70. The Kier molecular flexibility index (Phi) is 5.10. The smallest absolute Gasteiger partial charge is 0.298 e. The first kappa shape index (κ1) is 12.3. The van der Waals surface area contributed by atoms with E-state index in [1.165, 1.54) is 0 Å². The summed E-state index contributed by atoms with van der Waals surface area (Å²) in [5.41, 5.74) is 6.56. The highest BCUT2D eigenvalue weighted by Crippen LogP contribution is 2.03. The van der Waals surface area contributed by atoms with Gasteiger partial charge < -0.3 is 10.6 Å². The zero-order valence-electron chi connectivity index (χ0n) is 9.44. The molecule has 0 radical (unpaired) electrons. The largest absolute Gasteiger partial charge is 0.329 e. The molecule has 0 bridgehead atoms. The molecule has 1 rings (SSSR count). The third-order valence-corrected chi connectivity index (χ3v) is 2.13. The number of rotatable bonds is 4. The predicted octanol–water partition coefficient (Wildman–Crippen LogP) is 0.997. The number of amides is 1. The van der Waals surface area contributed by atoms with E-state index >= 15 is 0 Å². The van der Waals surface area contributed by atoms with Crippen LogP contribution >= 0.6 is 0 Å².